The highest BCUT2D eigenvalue weighted by Gasteiger charge is 2.07. The van der Waals surface area contributed by atoms with Gasteiger partial charge in [0.2, 0.25) is 0 Å². The molecule has 0 radical (unpaired) electrons. The maximum Gasteiger partial charge on any atom is 0.129 e. The molecule has 0 aliphatic rings. The lowest BCUT2D eigenvalue weighted by molar-refractivity contribution is 0.310. The number of rotatable bonds is 3. The summed E-state index contributed by atoms with van der Waals surface area (Å²) < 4.78 is 6.07. The van der Waals surface area contributed by atoms with Gasteiger partial charge in [0.05, 0.1) is 10.9 Å². The standard InChI is InChI=1S/C20H15NO/c1-2-6-15(7-3-1)14-22-18-10-4-8-16-11-12-17-9-5-13-21-20(17)19(16)18/h1-13H,14H2. The number of hydrogen-bond acceptors (Lipinski definition) is 2. The lowest BCUT2D eigenvalue weighted by Crippen LogP contribution is -1.96. The topological polar surface area (TPSA) is 22.1 Å². The first-order valence-corrected chi connectivity index (χ1v) is 7.35. The Hall–Kier alpha value is -2.87. The molecule has 0 amide bonds. The number of ether oxygens (including phenoxy) is 1. The van der Waals surface area contributed by atoms with E-state index < -0.39 is 0 Å². The molecule has 0 saturated heterocycles. The molecule has 0 fully saturated rings. The highest BCUT2D eigenvalue weighted by atomic mass is 16.5. The maximum atomic E-state index is 6.07. The molecule has 0 aliphatic carbocycles. The molecule has 22 heavy (non-hydrogen) atoms. The third-order valence-electron chi connectivity index (χ3n) is 3.81. The summed E-state index contributed by atoms with van der Waals surface area (Å²) in [6, 6.07) is 24.6. The van der Waals surface area contributed by atoms with Crippen molar-refractivity contribution in [3.63, 3.8) is 0 Å². The van der Waals surface area contributed by atoms with Crippen molar-refractivity contribution < 1.29 is 4.74 Å². The van der Waals surface area contributed by atoms with Crippen LogP contribution in [0.3, 0.4) is 0 Å². The fourth-order valence-corrected chi connectivity index (χ4v) is 2.74. The monoisotopic (exact) mass is 285 g/mol. The minimum atomic E-state index is 0.559. The van der Waals surface area contributed by atoms with E-state index in [-0.39, 0.29) is 0 Å². The summed E-state index contributed by atoms with van der Waals surface area (Å²) in [4.78, 5) is 4.55. The van der Waals surface area contributed by atoms with Gasteiger partial charge in [-0.05, 0) is 23.1 Å². The maximum absolute atomic E-state index is 6.07. The Labute approximate surface area is 129 Å². The zero-order chi connectivity index (χ0) is 14.8. The molecule has 1 aromatic heterocycles. The molecule has 0 bridgehead atoms. The molecule has 2 nitrogen and oxygen atoms in total. The number of nitrogens with zero attached hydrogens (tertiary/aromatic N) is 1. The van der Waals surface area contributed by atoms with Gasteiger partial charge >= 0.3 is 0 Å². The molecule has 0 unspecified atom stereocenters. The molecule has 2 heteroatoms. The minimum Gasteiger partial charge on any atom is -0.488 e. The van der Waals surface area contributed by atoms with Gasteiger partial charge in [-0.15, -0.1) is 0 Å². The van der Waals surface area contributed by atoms with Gasteiger partial charge in [-0.2, -0.15) is 0 Å². The van der Waals surface area contributed by atoms with Crippen molar-refractivity contribution >= 4 is 21.7 Å². The van der Waals surface area contributed by atoms with Crippen molar-refractivity contribution in [1.29, 1.82) is 0 Å². The van der Waals surface area contributed by atoms with Gasteiger partial charge in [0.1, 0.15) is 12.4 Å². The van der Waals surface area contributed by atoms with Crippen molar-refractivity contribution in [1.82, 2.24) is 4.98 Å². The van der Waals surface area contributed by atoms with E-state index in [4.69, 9.17) is 4.74 Å². The predicted molar refractivity (Wildman–Crippen MR) is 90.0 cm³/mol. The molecule has 3 aromatic carbocycles. The van der Waals surface area contributed by atoms with Gasteiger partial charge in [-0.3, -0.25) is 4.98 Å². The summed E-state index contributed by atoms with van der Waals surface area (Å²) in [5.41, 5.74) is 2.15. The van der Waals surface area contributed by atoms with Crippen LogP contribution in [-0.4, -0.2) is 4.98 Å². The van der Waals surface area contributed by atoms with E-state index in [0.717, 1.165) is 33.0 Å². The number of pyridine rings is 1. The normalized spacial score (nSPS) is 10.9. The molecular weight excluding hydrogens is 270 g/mol. The largest absolute Gasteiger partial charge is 0.488 e. The van der Waals surface area contributed by atoms with Gasteiger partial charge in [0.15, 0.2) is 0 Å². The van der Waals surface area contributed by atoms with Crippen molar-refractivity contribution in [3.8, 4) is 5.75 Å². The first kappa shape index (κ1) is 12.8. The Morgan fingerprint density at radius 1 is 0.727 bits per heavy atom. The van der Waals surface area contributed by atoms with Crippen LogP contribution in [0.25, 0.3) is 21.7 Å². The molecule has 1 heterocycles. The lowest BCUT2D eigenvalue weighted by Gasteiger charge is -2.11. The zero-order valence-electron chi connectivity index (χ0n) is 12.1. The van der Waals surface area contributed by atoms with Crippen LogP contribution in [0, 0.1) is 0 Å². The van der Waals surface area contributed by atoms with Crippen molar-refractivity contribution in [2.24, 2.45) is 0 Å². The SMILES string of the molecule is c1ccc(COc2cccc3ccc4cccnc4c23)cc1. The second-order valence-electron chi connectivity index (χ2n) is 5.27. The van der Waals surface area contributed by atoms with Crippen LogP contribution in [0.15, 0.2) is 79.0 Å². The lowest BCUT2D eigenvalue weighted by atomic mass is 10.1. The van der Waals surface area contributed by atoms with Crippen LogP contribution < -0.4 is 4.74 Å². The van der Waals surface area contributed by atoms with E-state index in [1.165, 1.54) is 0 Å². The minimum absolute atomic E-state index is 0.559. The molecule has 106 valence electrons. The van der Waals surface area contributed by atoms with Crippen LogP contribution in [-0.2, 0) is 6.61 Å². The summed E-state index contributed by atoms with van der Waals surface area (Å²) in [5, 5.41) is 3.36. The van der Waals surface area contributed by atoms with Crippen LogP contribution in [0.5, 0.6) is 5.75 Å². The average Bonchev–Trinajstić information content (AvgIpc) is 2.60. The van der Waals surface area contributed by atoms with Gasteiger partial charge in [0, 0.05) is 11.6 Å². The summed E-state index contributed by atoms with van der Waals surface area (Å²) in [6.07, 6.45) is 1.83. The molecule has 0 aliphatic heterocycles. The predicted octanol–water partition coefficient (Wildman–Crippen LogP) is 4.97. The molecule has 0 atom stereocenters. The number of fused-ring (bicyclic) bond motifs is 3. The summed E-state index contributed by atoms with van der Waals surface area (Å²) in [5.74, 6) is 0.880. The fourth-order valence-electron chi connectivity index (χ4n) is 2.74. The van der Waals surface area contributed by atoms with E-state index in [9.17, 15) is 0 Å². The van der Waals surface area contributed by atoms with Crippen molar-refractivity contribution in [2.75, 3.05) is 0 Å². The quantitative estimate of drug-likeness (QED) is 0.496. The molecule has 4 aromatic rings. The van der Waals surface area contributed by atoms with Crippen molar-refractivity contribution in [2.45, 2.75) is 6.61 Å². The number of aromatic nitrogens is 1. The van der Waals surface area contributed by atoms with Crippen molar-refractivity contribution in [3.05, 3.63) is 84.6 Å². The van der Waals surface area contributed by atoms with E-state index >= 15 is 0 Å². The summed E-state index contributed by atoms with van der Waals surface area (Å²) in [7, 11) is 0. The first-order chi connectivity index (χ1) is 10.9. The van der Waals surface area contributed by atoms with E-state index in [1.807, 2.05) is 42.6 Å². The molecular formula is C20H15NO. The van der Waals surface area contributed by atoms with E-state index in [1.54, 1.807) is 0 Å². The molecule has 0 N–H and O–H groups in total. The van der Waals surface area contributed by atoms with Crippen LogP contribution in [0.4, 0.5) is 0 Å². The average molecular weight is 285 g/mol. The van der Waals surface area contributed by atoms with Crippen LogP contribution >= 0.6 is 0 Å². The van der Waals surface area contributed by atoms with Crippen LogP contribution in [0.2, 0.25) is 0 Å². The Kier molecular flexibility index (Phi) is 3.20. The second kappa shape index (κ2) is 5.49. The molecule has 0 spiro atoms. The zero-order valence-corrected chi connectivity index (χ0v) is 12.1. The third kappa shape index (κ3) is 2.29. The van der Waals surface area contributed by atoms with Gasteiger partial charge in [0.25, 0.3) is 0 Å². The highest BCUT2D eigenvalue weighted by molar-refractivity contribution is 6.08. The molecule has 0 saturated carbocycles. The van der Waals surface area contributed by atoms with E-state index in [0.29, 0.717) is 6.61 Å². The number of hydrogen-bond donors (Lipinski definition) is 0. The Balaban J connectivity index is 1.81. The van der Waals surface area contributed by atoms with Crippen LogP contribution in [0.1, 0.15) is 5.56 Å². The summed E-state index contributed by atoms with van der Waals surface area (Å²) >= 11 is 0. The Morgan fingerprint density at radius 2 is 1.55 bits per heavy atom. The smallest absolute Gasteiger partial charge is 0.129 e. The fraction of sp³-hybridized carbons (Fsp3) is 0.0500. The Morgan fingerprint density at radius 3 is 2.45 bits per heavy atom. The second-order valence-corrected chi connectivity index (χ2v) is 5.27. The third-order valence-corrected chi connectivity index (χ3v) is 3.81. The van der Waals surface area contributed by atoms with Gasteiger partial charge < -0.3 is 4.74 Å². The van der Waals surface area contributed by atoms with E-state index in [2.05, 4.69) is 41.4 Å². The number of benzene rings is 3. The van der Waals surface area contributed by atoms with Gasteiger partial charge in [-0.1, -0.05) is 60.7 Å². The molecule has 4 rings (SSSR count). The van der Waals surface area contributed by atoms with Gasteiger partial charge in [-0.25, -0.2) is 0 Å². The highest BCUT2D eigenvalue weighted by Crippen LogP contribution is 2.32. The Bertz CT molecular complexity index is 932. The first-order valence-electron chi connectivity index (χ1n) is 7.35. The summed E-state index contributed by atoms with van der Waals surface area (Å²) in [6.45, 7) is 0.559.